The van der Waals surface area contributed by atoms with Gasteiger partial charge in [0.05, 0.1) is 22.6 Å². The number of rotatable bonds is 5. The molecule has 0 aromatic heterocycles. The lowest BCUT2D eigenvalue weighted by Gasteiger charge is -2.22. The first-order valence-electron chi connectivity index (χ1n) is 8.25. The molecule has 0 radical (unpaired) electrons. The summed E-state index contributed by atoms with van der Waals surface area (Å²) in [6.45, 7) is 1.39. The summed E-state index contributed by atoms with van der Waals surface area (Å²) in [7, 11) is 0. The smallest absolute Gasteiger partial charge is 0.323 e. The van der Waals surface area contributed by atoms with Crippen LogP contribution in [0.15, 0.2) is 53.4 Å². The van der Waals surface area contributed by atoms with Crippen LogP contribution in [0.1, 0.15) is 27.6 Å². The summed E-state index contributed by atoms with van der Waals surface area (Å²) in [5, 5.41) is 2.52. The molecule has 0 spiro atoms. The van der Waals surface area contributed by atoms with Gasteiger partial charge < -0.3 is 5.32 Å². The van der Waals surface area contributed by atoms with E-state index in [1.165, 1.54) is 31.2 Å². The summed E-state index contributed by atoms with van der Waals surface area (Å²) < 4.78 is 37.5. The molecular formula is C19H15F3N2O3S. The third-order valence-corrected chi connectivity index (χ3v) is 5.27. The Morgan fingerprint density at radius 2 is 1.57 bits per heavy atom. The average molecular weight is 408 g/mol. The van der Waals surface area contributed by atoms with Crippen LogP contribution in [0.3, 0.4) is 0 Å². The standard InChI is InChI=1S/C19H15F3N2O3S/c1-11(24-17(26)12-6-2-3-7-13(12)18(24)27)16(25)23-14-8-4-5-9-15(14)28-10-19(20,21)22/h2-9,11H,10H2,1H3,(H,23,25). The van der Waals surface area contributed by atoms with Crippen LogP contribution in [0, 0.1) is 0 Å². The Balaban J connectivity index is 1.76. The first-order chi connectivity index (χ1) is 13.2. The highest BCUT2D eigenvalue weighted by atomic mass is 32.2. The molecule has 9 heteroatoms. The van der Waals surface area contributed by atoms with Gasteiger partial charge in [0, 0.05) is 4.90 Å². The van der Waals surface area contributed by atoms with E-state index in [2.05, 4.69) is 5.32 Å². The molecule has 1 aliphatic rings. The Labute approximate surface area is 162 Å². The molecule has 0 aliphatic carbocycles. The number of alkyl halides is 3. The van der Waals surface area contributed by atoms with Crippen LogP contribution in [0.2, 0.25) is 0 Å². The van der Waals surface area contributed by atoms with E-state index in [-0.39, 0.29) is 21.7 Å². The van der Waals surface area contributed by atoms with E-state index in [1.54, 1.807) is 24.3 Å². The van der Waals surface area contributed by atoms with Gasteiger partial charge in [-0.15, -0.1) is 11.8 Å². The number of anilines is 1. The maximum absolute atomic E-state index is 12.6. The number of fused-ring (bicyclic) bond motifs is 1. The zero-order valence-electron chi connectivity index (χ0n) is 14.6. The van der Waals surface area contributed by atoms with Gasteiger partial charge in [-0.25, -0.2) is 0 Å². The number of amides is 3. The number of hydrogen-bond acceptors (Lipinski definition) is 4. The third kappa shape index (κ3) is 4.04. The summed E-state index contributed by atoms with van der Waals surface area (Å²) in [5.41, 5.74) is 0.617. The summed E-state index contributed by atoms with van der Waals surface area (Å²) in [4.78, 5) is 38.7. The minimum absolute atomic E-state index is 0.185. The van der Waals surface area contributed by atoms with Gasteiger partial charge in [-0.05, 0) is 31.2 Å². The van der Waals surface area contributed by atoms with Crippen molar-refractivity contribution in [1.82, 2.24) is 4.90 Å². The molecule has 5 nitrogen and oxygen atoms in total. The van der Waals surface area contributed by atoms with Crippen molar-refractivity contribution in [1.29, 1.82) is 0 Å². The number of carbonyl (C=O) groups is 3. The number of nitrogens with one attached hydrogen (secondary N) is 1. The SMILES string of the molecule is CC(C(=O)Nc1ccccc1SCC(F)(F)F)N1C(=O)c2ccccc2C1=O. The molecule has 1 unspecified atom stereocenters. The molecule has 3 rings (SSSR count). The Morgan fingerprint density at radius 3 is 2.14 bits per heavy atom. The second-order valence-corrected chi connectivity index (χ2v) is 7.11. The first kappa shape index (κ1) is 19.9. The lowest BCUT2D eigenvalue weighted by Crippen LogP contribution is -2.45. The molecule has 0 saturated heterocycles. The van der Waals surface area contributed by atoms with Crippen LogP contribution in [0.4, 0.5) is 18.9 Å². The van der Waals surface area contributed by atoms with Gasteiger partial charge >= 0.3 is 6.18 Å². The summed E-state index contributed by atoms with van der Waals surface area (Å²) in [6, 6.07) is 11.2. The zero-order chi connectivity index (χ0) is 20.5. The highest BCUT2D eigenvalue weighted by molar-refractivity contribution is 7.99. The van der Waals surface area contributed by atoms with Gasteiger partial charge in [-0.1, -0.05) is 24.3 Å². The van der Waals surface area contributed by atoms with Crippen molar-refractivity contribution in [3.63, 3.8) is 0 Å². The molecule has 0 fully saturated rings. The number of thioether (sulfide) groups is 1. The van der Waals surface area contributed by atoms with Crippen molar-refractivity contribution >= 4 is 35.2 Å². The van der Waals surface area contributed by atoms with Crippen molar-refractivity contribution in [3.05, 3.63) is 59.7 Å². The predicted octanol–water partition coefficient (Wildman–Crippen LogP) is 3.96. The Kier molecular flexibility index (Phi) is 5.46. The van der Waals surface area contributed by atoms with E-state index in [1.807, 2.05) is 0 Å². The minimum atomic E-state index is -4.35. The fourth-order valence-corrected chi connectivity index (χ4v) is 3.54. The van der Waals surface area contributed by atoms with Crippen molar-refractivity contribution in [2.24, 2.45) is 0 Å². The lowest BCUT2D eigenvalue weighted by atomic mass is 10.1. The van der Waals surface area contributed by atoms with Gasteiger partial charge in [0.2, 0.25) is 5.91 Å². The van der Waals surface area contributed by atoms with Crippen LogP contribution >= 0.6 is 11.8 Å². The number of benzene rings is 2. The molecule has 1 heterocycles. The van der Waals surface area contributed by atoms with Crippen molar-refractivity contribution in [2.45, 2.75) is 24.0 Å². The van der Waals surface area contributed by atoms with E-state index < -0.39 is 35.7 Å². The number of imide groups is 1. The minimum Gasteiger partial charge on any atom is -0.323 e. The number of hydrogen-bond donors (Lipinski definition) is 1. The van der Waals surface area contributed by atoms with Crippen molar-refractivity contribution in [3.8, 4) is 0 Å². The molecule has 146 valence electrons. The van der Waals surface area contributed by atoms with E-state index in [0.29, 0.717) is 11.8 Å². The Hall–Kier alpha value is -2.81. The lowest BCUT2D eigenvalue weighted by molar-refractivity contribution is -0.119. The molecule has 1 atom stereocenters. The molecule has 28 heavy (non-hydrogen) atoms. The number of carbonyl (C=O) groups excluding carboxylic acids is 3. The number of para-hydroxylation sites is 1. The van der Waals surface area contributed by atoms with Crippen molar-refractivity contribution < 1.29 is 27.6 Å². The molecule has 0 saturated carbocycles. The molecule has 1 aliphatic heterocycles. The third-order valence-electron chi connectivity index (χ3n) is 4.13. The van der Waals surface area contributed by atoms with E-state index >= 15 is 0 Å². The van der Waals surface area contributed by atoms with Gasteiger partial charge in [0.1, 0.15) is 6.04 Å². The summed E-state index contributed by atoms with van der Waals surface area (Å²) >= 11 is 0.544. The molecule has 0 bridgehead atoms. The topological polar surface area (TPSA) is 66.5 Å². The Morgan fingerprint density at radius 1 is 1.04 bits per heavy atom. The molecular weight excluding hydrogens is 393 g/mol. The fraction of sp³-hybridized carbons (Fsp3) is 0.211. The van der Waals surface area contributed by atoms with E-state index in [9.17, 15) is 27.6 Å². The second-order valence-electron chi connectivity index (χ2n) is 6.09. The number of nitrogens with zero attached hydrogens (tertiary/aromatic N) is 1. The van der Waals surface area contributed by atoms with Crippen LogP contribution in [0.25, 0.3) is 0 Å². The van der Waals surface area contributed by atoms with Crippen LogP contribution in [-0.4, -0.2) is 40.6 Å². The largest absolute Gasteiger partial charge is 0.398 e. The van der Waals surface area contributed by atoms with Gasteiger partial charge in [-0.2, -0.15) is 13.2 Å². The highest BCUT2D eigenvalue weighted by Crippen LogP contribution is 2.32. The number of halogens is 3. The monoisotopic (exact) mass is 408 g/mol. The maximum atomic E-state index is 12.6. The van der Waals surface area contributed by atoms with Crippen LogP contribution in [0.5, 0.6) is 0 Å². The average Bonchev–Trinajstić information content (AvgIpc) is 2.91. The van der Waals surface area contributed by atoms with Gasteiger partial charge in [-0.3, -0.25) is 19.3 Å². The van der Waals surface area contributed by atoms with Crippen molar-refractivity contribution in [2.75, 3.05) is 11.1 Å². The quantitative estimate of drug-likeness (QED) is 0.601. The molecule has 2 aromatic rings. The van der Waals surface area contributed by atoms with Crippen LogP contribution < -0.4 is 5.32 Å². The fourth-order valence-electron chi connectivity index (χ4n) is 2.77. The maximum Gasteiger partial charge on any atom is 0.398 e. The molecule has 3 amide bonds. The van der Waals surface area contributed by atoms with Crippen LogP contribution in [-0.2, 0) is 4.79 Å². The normalized spacial score (nSPS) is 14.8. The van der Waals surface area contributed by atoms with E-state index in [0.717, 1.165) is 4.90 Å². The molecule has 2 aromatic carbocycles. The summed E-state index contributed by atoms with van der Waals surface area (Å²) in [6.07, 6.45) is -4.35. The summed E-state index contributed by atoms with van der Waals surface area (Å²) in [5.74, 6) is -2.94. The van der Waals surface area contributed by atoms with E-state index in [4.69, 9.17) is 0 Å². The van der Waals surface area contributed by atoms with Gasteiger partial charge in [0.25, 0.3) is 11.8 Å². The molecule has 1 N–H and O–H groups in total. The first-order valence-corrected chi connectivity index (χ1v) is 9.24. The zero-order valence-corrected chi connectivity index (χ0v) is 15.4. The predicted molar refractivity (Wildman–Crippen MR) is 98.3 cm³/mol. The second kappa shape index (κ2) is 7.67. The Bertz CT molecular complexity index is 911. The van der Waals surface area contributed by atoms with Gasteiger partial charge in [0.15, 0.2) is 0 Å². The highest BCUT2D eigenvalue weighted by Gasteiger charge is 2.40.